The van der Waals surface area contributed by atoms with Gasteiger partial charge in [0.25, 0.3) is 0 Å². The molecule has 0 heterocycles. The fourth-order valence-corrected chi connectivity index (χ4v) is 2.04. The standard InChI is InChI=1S/C12H8F6O8S/c13-10(14,11(15,16)12(17,18)27(23,24)25)4-26-7-2-5(8(19)20)1-6(3-7)9(21)22/h1-3H,4H2,(H,19,20)(H,21,22)(H,23,24,25). The fourth-order valence-electron chi connectivity index (χ4n) is 1.57. The average molecular weight is 426 g/mol. The van der Waals surface area contributed by atoms with Gasteiger partial charge in [-0.2, -0.15) is 34.8 Å². The number of carbonyl (C=O) groups is 2. The van der Waals surface area contributed by atoms with Crippen LogP contribution >= 0.6 is 0 Å². The van der Waals surface area contributed by atoms with Crippen LogP contribution in [0, 0.1) is 0 Å². The number of carboxylic acid groups (broad SMARTS) is 2. The van der Waals surface area contributed by atoms with Gasteiger partial charge in [-0.1, -0.05) is 0 Å². The van der Waals surface area contributed by atoms with Gasteiger partial charge in [-0.05, 0) is 18.2 Å². The normalized spacial score (nSPS) is 13.3. The molecule has 0 saturated carbocycles. The molecule has 0 fully saturated rings. The Morgan fingerprint density at radius 1 is 0.926 bits per heavy atom. The second-order valence-corrected chi connectivity index (χ2v) is 6.38. The average Bonchev–Trinajstić information content (AvgIpc) is 2.51. The molecule has 0 saturated heterocycles. The maximum Gasteiger partial charge on any atom is 0.438 e. The highest BCUT2D eigenvalue weighted by molar-refractivity contribution is 7.87. The third kappa shape index (κ3) is 4.24. The van der Waals surface area contributed by atoms with Crippen molar-refractivity contribution in [1.29, 1.82) is 0 Å². The van der Waals surface area contributed by atoms with Crippen LogP contribution in [0.15, 0.2) is 18.2 Å². The van der Waals surface area contributed by atoms with Crippen LogP contribution in [0.1, 0.15) is 20.7 Å². The Morgan fingerprint density at radius 3 is 1.67 bits per heavy atom. The number of alkyl halides is 6. The van der Waals surface area contributed by atoms with E-state index >= 15 is 0 Å². The molecule has 1 aromatic carbocycles. The summed E-state index contributed by atoms with van der Waals surface area (Å²) in [5, 5.41) is 10.9. The second-order valence-electron chi connectivity index (χ2n) is 4.92. The molecule has 0 aliphatic heterocycles. The van der Waals surface area contributed by atoms with Crippen LogP contribution in [0.3, 0.4) is 0 Å². The quantitative estimate of drug-likeness (QED) is 0.425. The largest absolute Gasteiger partial charge is 0.487 e. The minimum Gasteiger partial charge on any atom is -0.487 e. The molecular formula is C12H8F6O8S. The Labute approximate surface area is 145 Å². The van der Waals surface area contributed by atoms with E-state index in [0.29, 0.717) is 18.2 Å². The molecule has 0 spiro atoms. The smallest absolute Gasteiger partial charge is 0.438 e. The first-order valence-corrected chi connectivity index (χ1v) is 7.73. The van der Waals surface area contributed by atoms with E-state index in [4.69, 9.17) is 14.8 Å². The molecule has 15 heteroatoms. The first kappa shape index (κ1) is 22.5. The number of carboxylic acids is 2. The summed E-state index contributed by atoms with van der Waals surface area (Å²) < 4.78 is 112. The lowest BCUT2D eigenvalue weighted by atomic mass is 10.1. The Morgan fingerprint density at radius 2 is 1.33 bits per heavy atom. The lowest BCUT2D eigenvalue weighted by molar-refractivity contribution is -0.287. The zero-order valence-corrected chi connectivity index (χ0v) is 13.3. The van der Waals surface area contributed by atoms with Crippen LogP contribution in [0.2, 0.25) is 0 Å². The number of rotatable bonds is 8. The second kappa shape index (κ2) is 6.88. The first-order chi connectivity index (χ1) is 11.9. The summed E-state index contributed by atoms with van der Waals surface area (Å²) in [5.41, 5.74) is -1.63. The van der Waals surface area contributed by atoms with Crippen LogP contribution in [0.5, 0.6) is 5.75 Å². The topological polar surface area (TPSA) is 138 Å². The van der Waals surface area contributed by atoms with Gasteiger partial charge in [0.05, 0.1) is 11.1 Å². The van der Waals surface area contributed by atoms with Crippen molar-refractivity contribution >= 4 is 22.1 Å². The highest BCUT2D eigenvalue weighted by Crippen LogP contribution is 2.48. The van der Waals surface area contributed by atoms with E-state index in [9.17, 15) is 44.3 Å². The van der Waals surface area contributed by atoms with Crippen molar-refractivity contribution in [3.05, 3.63) is 29.3 Å². The predicted molar refractivity (Wildman–Crippen MR) is 72.2 cm³/mol. The molecule has 0 aromatic heterocycles. The summed E-state index contributed by atoms with van der Waals surface area (Å²) in [4.78, 5) is 21.6. The highest BCUT2D eigenvalue weighted by Gasteiger charge is 2.77. The summed E-state index contributed by atoms with van der Waals surface area (Å²) in [6, 6.07) is 1.44. The van der Waals surface area contributed by atoms with E-state index in [2.05, 4.69) is 4.74 Å². The maximum atomic E-state index is 13.5. The predicted octanol–water partition coefficient (Wildman–Crippen LogP) is 2.21. The summed E-state index contributed by atoms with van der Waals surface area (Å²) in [6.45, 7) is -2.60. The Balaban J connectivity index is 3.22. The van der Waals surface area contributed by atoms with E-state index < -0.39 is 62.6 Å². The Hall–Kier alpha value is -2.55. The SMILES string of the molecule is O=C(O)c1cc(OCC(F)(F)C(F)(F)C(F)(F)S(=O)(=O)O)cc(C(=O)O)c1. The van der Waals surface area contributed by atoms with E-state index in [0.717, 1.165) is 0 Å². The number of ether oxygens (including phenoxy) is 1. The molecule has 0 unspecified atom stereocenters. The van der Waals surface area contributed by atoms with E-state index in [-0.39, 0.29) is 0 Å². The number of aromatic carboxylic acids is 2. The Bertz CT molecular complexity index is 834. The molecule has 152 valence electrons. The zero-order chi connectivity index (χ0) is 21.4. The van der Waals surface area contributed by atoms with Crippen molar-refractivity contribution in [2.24, 2.45) is 0 Å². The minimum atomic E-state index is -6.94. The molecule has 0 bridgehead atoms. The van der Waals surface area contributed by atoms with Gasteiger partial charge in [-0.25, -0.2) is 9.59 Å². The van der Waals surface area contributed by atoms with Crippen LogP contribution < -0.4 is 4.74 Å². The van der Waals surface area contributed by atoms with Gasteiger partial charge in [0.1, 0.15) is 5.75 Å². The van der Waals surface area contributed by atoms with Crippen molar-refractivity contribution < 1.29 is 63.9 Å². The van der Waals surface area contributed by atoms with Crippen molar-refractivity contribution in [2.75, 3.05) is 6.61 Å². The van der Waals surface area contributed by atoms with Crippen LogP contribution in [0.4, 0.5) is 26.3 Å². The molecule has 0 aliphatic rings. The molecule has 0 amide bonds. The fraction of sp³-hybridized carbons (Fsp3) is 0.333. The number of hydrogen-bond donors (Lipinski definition) is 3. The summed E-state index contributed by atoms with van der Waals surface area (Å²) >= 11 is 0. The van der Waals surface area contributed by atoms with Crippen molar-refractivity contribution in [3.63, 3.8) is 0 Å². The van der Waals surface area contributed by atoms with Gasteiger partial charge in [-0.15, -0.1) is 0 Å². The summed E-state index contributed by atoms with van der Waals surface area (Å²) in [6.07, 6.45) is 0. The van der Waals surface area contributed by atoms with Gasteiger partial charge in [-0.3, -0.25) is 4.55 Å². The third-order valence-electron chi connectivity index (χ3n) is 2.97. The lowest BCUT2D eigenvalue weighted by Crippen LogP contribution is -2.59. The molecule has 3 N–H and O–H groups in total. The number of benzene rings is 1. The van der Waals surface area contributed by atoms with Gasteiger partial charge < -0.3 is 14.9 Å². The highest BCUT2D eigenvalue weighted by atomic mass is 32.2. The van der Waals surface area contributed by atoms with Crippen LogP contribution in [0.25, 0.3) is 0 Å². The lowest BCUT2D eigenvalue weighted by Gasteiger charge is -2.30. The van der Waals surface area contributed by atoms with Crippen molar-refractivity contribution in [1.82, 2.24) is 0 Å². The van der Waals surface area contributed by atoms with Gasteiger partial charge >= 0.3 is 39.2 Å². The molecule has 0 aliphatic carbocycles. The zero-order valence-electron chi connectivity index (χ0n) is 12.5. The third-order valence-corrected chi connectivity index (χ3v) is 3.87. The monoisotopic (exact) mass is 426 g/mol. The molecule has 1 rings (SSSR count). The van der Waals surface area contributed by atoms with Gasteiger partial charge in [0.2, 0.25) is 0 Å². The van der Waals surface area contributed by atoms with Crippen LogP contribution in [-0.2, 0) is 10.1 Å². The number of hydrogen-bond acceptors (Lipinski definition) is 5. The van der Waals surface area contributed by atoms with E-state index in [1.54, 1.807) is 0 Å². The molecular weight excluding hydrogens is 418 g/mol. The van der Waals surface area contributed by atoms with E-state index in [1.807, 2.05) is 0 Å². The maximum absolute atomic E-state index is 13.5. The molecule has 0 atom stereocenters. The van der Waals surface area contributed by atoms with Crippen molar-refractivity contribution in [2.45, 2.75) is 17.1 Å². The number of halogens is 6. The Kier molecular flexibility index (Phi) is 5.73. The molecule has 8 nitrogen and oxygen atoms in total. The summed E-state index contributed by atoms with van der Waals surface area (Å²) in [5.74, 6) is -17.0. The minimum absolute atomic E-state index is 0.434. The first-order valence-electron chi connectivity index (χ1n) is 6.29. The summed E-state index contributed by atoms with van der Waals surface area (Å²) in [7, 11) is -6.94. The van der Waals surface area contributed by atoms with Crippen molar-refractivity contribution in [3.8, 4) is 5.75 Å². The molecule has 27 heavy (non-hydrogen) atoms. The molecule has 1 aromatic rings. The van der Waals surface area contributed by atoms with E-state index in [1.165, 1.54) is 0 Å². The molecule has 0 radical (unpaired) electrons. The van der Waals surface area contributed by atoms with Gasteiger partial charge in [0, 0.05) is 0 Å². The van der Waals surface area contributed by atoms with Gasteiger partial charge in [0.15, 0.2) is 6.61 Å². The van der Waals surface area contributed by atoms with Crippen LogP contribution in [-0.4, -0.2) is 58.8 Å².